The van der Waals surface area contributed by atoms with Crippen molar-refractivity contribution in [2.75, 3.05) is 37.2 Å². The molecule has 1 aromatic heterocycles. The van der Waals surface area contributed by atoms with Crippen LogP contribution in [0.1, 0.15) is 11.1 Å². The van der Waals surface area contributed by atoms with Gasteiger partial charge in [0, 0.05) is 6.54 Å². The highest BCUT2D eigenvalue weighted by atomic mass is 16.5. The van der Waals surface area contributed by atoms with Gasteiger partial charge >= 0.3 is 0 Å². The molecular weight excluding hydrogens is 396 g/mol. The number of carbonyl (C=O) groups is 1. The second kappa shape index (κ2) is 10.7. The lowest BCUT2D eigenvalue weighted by Crippen LogP contribution is -2.31. The van der Waals surface area contributed by atoms with Crippen molar-refractivity contribution in [1.29, 1.82) is 0 Å². The normalized spacial score (nSPS) is 10.3. The Labute approximate surface area is 181 Å². The number of hydrazine groups is 1. The van der Waals surface area contributed by atoms with Gasteiger partial charge in [0.25, 0.3) is 0 Å². The molecule has 0 aliphatic rings. The number of ether oxygens (including phenoxy) is 2. The minimum absolute atomic E-state index is 0.202. The number of rotatable bonds is 10. The highest BCUT2D eigenvalue weighted by molar-refractivity contribution is 5.81. The molecule has 0 atom stereocenters. The Morgan fingerprint density at radius 3 is 2.45 bits per heavy atom. The average molecular weight is 422 g/mol. The van der Waals surface area contributed by atoms with Crippen molar-refractivity contribution in [3.8, 4) is 11.5 Å². The number of nitrogens with one attached hydrogen (secondary N) is 3. The van der Waals surface area contributed by atoms with Crippen LogP contribution in [0.15, 0.2) is 54.9 Å². The molecule has 3 rings (SSSR count). The number of nitrogen functional groups attached to an aromatic ring is 1. The van der Waals surface area contributed by atoms with E-state index >= 15 is 0 Å². The summed E-state index contributed by atoms with van der Waals surface area (Å²) in [7, 11) is 3.21. The van der Waals surface area contributed by atoms with Gasteiger partial charge in [0.2, 0.25) is 5.91 Å². The molecule has 0 radical (unpaired) electrons. The number of anilines is 3. The fourth-order valence-corrected chi connectivity index (χ4v) is 2.95. The van der Waals surface area contributed by atoms with Crippen molar-refractivity contribution in [3.63, 3.8) is 0 Å². The zero-order valence-corrected chi connectivity index (χ0v) is 17.5. The molecule has 0 aliphatic heterocycles. The summed E-state index contributed by atoms with van der Waals surface area (Å²) in [6, 6.07) is 15.2. The third kappa shape index (κ3) is 5.99. The van der Waals surface area contributed by atoms with Crippen LogP contribution in [0.3, 0.4) is 0 Å². The smallest absolute Gasteiger partial charge is 0.242 e. The molecule has 5 N–H and O–H groups in total. The minimum Gasteiger partial charge on any atom is -0.493 e. The standard InChI is InChI=1S/C22H26N6O3/c1-30-17-9-8-16(12-18(17)31-2)10-11-24-21-20(23)22(26-14-25-21)28-27-19(29)13-15-6-4-3-5-7-15/h3-9,12,14H,10-11,13,23H2,1-2H3,(H,27,29)(H2,24,25,26,28). The summed E-state index contributed by atoms with van der Waals surface area (Å²) in [5, 5.41) is 3.19. The molecule has 0 fully saturated rings. The van der Waals surface area contributed by atoms with Crippen molar-refractivity contribution < 1.29 is 14.3 Å². The van der Waals surface area contributed by atoms with Crippen LogP contribution in [0, 0.1) is 0 Å². The molecule has 0 bridgehead atoms. The quantitative estimate of drug-likeness (QED) is 0.367. The van der Waals surface area contributed by atoms with Gasteiger partial charge in [-0.05, 0) is 29.7 Å². The molecule has 0 spiro atoms. The van der Waals surface area contributed by atoms with Gasteiger partial charge in [-0.3, -0.25) is 15.6 Å². The zero-order chi connectivity index (χ0) is 22.1. The largest absolute Gasteiger partial charge is 0.493 e. The van der Waals surface area contributed by atoms with Crippen LogP contribution in [0.4, 0.5) is 17.3 Å². The predicted octanol–water partition coefficient (Wildman–Crippen LogP) is 2.42. The summed E-state index contributed by atoms with van der Waals surface area (Å²) in [5.41, 5.74) is 13.8. The highest BCUT2D eigenvalue weighted by Gasteiger charge is 2.10. The van der Waals surface area contributed by atoms with Gasteiger partial charge in [0.15, 0.2) is 23.1 Å². The first kappa shape index (κ1) is 21.7. The maximum atomic E-state index is 12.1. The van der Waals surface area contributed by atoms with Crippen LogP contribution in [0.5, 0.6) is 11.5 Å². The van der Waals surface area contributed by atoms with Crippen LogP contribution >= 0.6 is 0 Å². The molecule has 1 amide bonds. The topological polar surface area (TPSA) is 123 Å². The van der Waals surface area contributed by atoms with Crippen molar-refractivity contribution in [3.05, 3.63) is 66.0 Å². The second-order valence-corrected chi connectivity index (χ2v) is 6.69. The van der Waals surface area contributed by atoms with Gasteiger partial charge in [-0.25, -0.2) is 9.97 Å². The van der Waals surface area contributed by atoms with E-state index in [1.165, 1.54) is 6.33 Å². The Bertz CT molecular complexity index is 1010. The fourth-order valence-electron chi connectivity index (χ4n) is 2.95. The molecule has 0 saturated heterocycles. The first-order valence-electron chi connectivity index (χ1n) is 9.74. The molecule has 1 heterocycles. The average Bonchev–Trinajstić information content (AvgIpc) is 2.80. The Hall–Kier alpha value is -4.01. The highest BCUT2D eigenvalue weighted by Crippen LogP contribution is 2.28. The summed E-state index contributed by atoms with van der Waals surface area (Å²) >= 11 is 0. The number of aromatic nitrogens is 2. The van der Waals surface area contributed by atoms with E-state index in [4.69, 9.17) is 15.2 Å². The van der Waals surface area contributed by atoms with Gasteiger partial charge in [-0.15, -0.1) is 0 Å². The van der Waals surface area contributed by atoms with E-state index in [-0.39, 0.29) is 12.3 Å². The lowest BCUT2D eigenvalue weighted by Gasteiger charge is -2.14. The fraction of sp³-hybridized carbons (Fsp3) is 0.227. The maximum absolute atomic E-state index is 12.1. The van der Waals surface area contributed by atoms with Crippen molar-refractivity contribution in [2.45, 2.75) is 12.8 Å². The lowest BCUT2D eigenvalue weighted by molar-refractivity contribution is -0.119. The lowest BCUT2D eigenvalue weighted by atomic mass is 10.1. The van der Waals surface area contributed by atoms with Crippen molar-refractivity contribution in [1.82, 2.24) is 15.4 Å². The second-order valence-electron chi connectivity index (χ2n) is 6.69. The number of amides is 1. The first-order chi connectivity index (χ1) is 15.1. The third-order valence-electron chi connectivity index (χ3n) is 4.57. The van der Waals surface area contributed by atoms with Gasteiger partial charge < -0.3 is 20.5 Å². The van der Waals surface area contributed by atoms with Crippen LogP contribution in [0.25, 0.3) is 0 Å². The molecule has 9 nitrogen and oxygen atoms in total. The number of nitrogens with zero attached hydrogens (tertiary/aromatic N) is 2. The van der Waals surface area contributed by atoms with E-state index in [9.17, 15) is 4.79 Å². The molecular formula is C22H26N6O3. The molecule has 9 heteroatoms. The summed E-state index contributed by atoms with van der Waals surface area (Å²) in [5.74, 6) is 1.97. The van der Waals surface area contributed by atoms with Crippen LogP contribution in [-0.2, 0) is 17.6 Å². The van der Waals surface area contributed by atoms with Gasteiger partial charge in [0.1, 0.15) is 12.0 Å². The van der Waals surface area contributed by atoms with Gasteiger partial charge in [0.05, 0.1) is 20.6 Å². The number of hydrogen-bond acceptors (Lipinski definition) is 8. The number of benzene rings is 2. The van der Waals surface area contributed by atoms with E-state index in [1.807, 2.05) is 48.5 Å². The predicted molar refractivity (Wildman–Crippen MR) is 120 cm³/mol. The molecule has 3 aromatic rings. The molecule has 162 valence electrons. The number of hydrogen-bond donors (Lipinski definition) is 4. The maximum Gasteiger partial charge on any atom is 0.242 e. The van der Waals surface area contributed by atoms with Crippen LogP contribution < -0.4 is 31.4 Å². The molecule has 2 aromatic carbocycles. The molecule has 31 heavy (non-hydrogen) atoms. The minimum atomic E-state index is -0.202. The Morgan fingerprint density at radius 2 is 1.71 bits per heavy atom. The SMILES string of the molecule is COc1ccc(CCNc2ncnc(NNC(=O)Cc3ccccc3)c2N)cc1OC. The Morgan fingerprint density at radius 1 is 0.968 bits per heavy atom. The summed E-state index contributed by atoms with van der Waals surface area (Å²) in [6.07, 6.45) is 2.34. The number of carbonyl (C=O) groups excluding carboxylic acids is 1. The summed E-state index contributed by atoms with van der Waals surface area (Å²) < 4.78 is 10.6. The van der Waals surface area contributed by atoms with Crippen LogP contribution in [-0.4, -0.2) is 36.6 Å². The van der Waals surface area contributed by atoms with E-state index in [0.717, 1.165) is 17.5 Å². The van der Waals surface area contributed by atoms with E-state index in [1.54, 1.807) is 14.2 Å². The number of nitrogens with two attached hydrogens (primary N) is 1. The zero-order valence-electron chi connectivity index (χ0n) is 17.5. The Kier molecular flexibility index (Phi) is 7.47. The third-order valence-corrected chi connectivity index (χ3v) is 4.57. The molecule has 0 aliphatic carbocycles. The van der Waals surface area contributed by atoms with Gasteiger partial charge in [-0.1, -0.05) is 36.4 Å². The summed E-state index contributed by atoms with van der Waals surface area (Å²) in [6.45, 7) is 0.594. The van der Waals surface area contributed by atoms with Crippen LogP contribution in [0.2, 0.25) is 0 Å². The first-order valence-corrected chi connectivity index (χ1v) is 9.74. The van der Waals surface area contributed by atoms with E-state index < -0.39 is 0 Å². The monoisotopic (exact) mass is 422 g/mol. The van der Waals surface area contributed by atoms with Crippen molar-refractivity contribution >= 4 is 23.2 Å². The summed E-state index contributed by atoms with van der Waals surface area (Å²) in [4.78, 5) is 20.4. The van der Waals surface area contributed by atoms with E-state index in [2.05, 4.69) is 26.1 Å². The molecule has 0 saturated carbocycles. The Balaban J connectivity index is 1.54. The molecule has 0 unspecified atom stereocenters. The number of methoxy groups -OCH3 is 2. The van der Waals surface area contributed by atoms with Gasteiger partial charge in [-0.2, -0.15) is 0 Å². The van der Waals surface area contributed by atoms with Crippen molar-refractivity contribution in [2.24, 2.45) is 0 Å². The van der Waals surface area contributed by atoms with E-state index in [0.29, 0.717) is 35.4 Å².